The number of hydrogen-bond acceptors (Lipinski definition) is 4. The van der Waals surface area contributed by atoms with Crippen LogP contribution in [0.4, 0.5) is 11.5 Å². The fourth-order valence-electron chi connectivity index (χ4n) is 2.98. The normalized spacial score (nSPS) is 21.4. The van der Waals surface area contributed by atoms with Gasteiger partial charge in [-0.05, 0) is 57.3 Å². The topological polar surface area (TPSA) is 40.2 Å². The van der Waals surface area contributed by atoms with Crippen molar-refractivity contribution in [1.82, 2.24) is 10.3 Å². The largest absolute Gasteiger partial charge is 0.381 e. The van der Waals surface area contributed by atoms with Crippen molar-refractivity contribution in [2.75, 3.05) is 36.4 Å². The fourth-order valence-corrected chi connectivity index (χ4v) is 2.98. The molecule has 1 aromatic heterocycles. The van der Waals surface area contributed by atoms with Crippen LogP contribution in [0, 0.1) is 0 Å². The van der Waals surface area contributed by atoms with E-state index in [1.54, 1.807) is 0 Å². The molecule has 0 spiro atoms. The van der Waals surface area contributed by atoms with Gasteiger partial charge in [0.25, 0.3) is 0 Å². The van der Waals surface area contributed by atoms with Gasteiger partial charge in [-0.15, -0.1) is 0 Å². The third kappa shape index (κ3) is 3.38. The summed E-state index contributed by atoms with van der Waals surface area (Å²) in [5.74, 6) is 1.13. The molecule has 104 valence electrons. The summed E-state index contributed by atoms with van der Waals surface area (Å²) >= 11 is 0. The van der Waals surface area contributed by atoms with Gasteiger partial charge in [-0.25, -0.2) is 4.98 Å². The molecule has 2 saturated heterocycles. The van der Waals surface area contributed by atoms with Crippen LogP contribution < -0.4 is 15.5 Å². The maximum Gasteiger partial charge on any atom is 0.128 e. The molecule has 0 saturated carbocycles. The van der Waals surface area contributed by atoms with Crippen molar-refractivity contribution in [3.8, 4) is 0 Å². The van der Waals surface area contributed by atoms with E-state index in [4.69, 9.17) is 0 Å². The molecular weight excluding hydrogens is 236 g/mol. The van der Waals surface area contributed by atoms with Crippen LogP contribution in [0.15, 0.2) is 18.3 Å². The molecule has 0 amide bonds. The lowest BCUT2D eigenvalue weighted by Crippen LogP contribution is -2.35. The second kappa shape index (κ2) is 6.24. The highest BCUT2D eigenvalue weighted by atomic mass is 15.2. The minimum atomic E-state index is 0.601. The summed E-state index contributed by atoms with van der Waals surface area (Å²) in [6.07, 6.45) is 8.37. The molecule has 3 heterocycles. The molecule has 2 fully saturated rings. The van der Waals surface area contributed by atoms with E-state index in [2.05, 4.69) is 32.7 Å². The highest BCUT2D eigenvalue weighted by Gasteiger charge is 2.14. The van der Waals surface area contributed by atoms with Gasteiger partial charge in [-0.2, -0.15) is 0 Å². The standard InChI is InChI=1S/C15H24N4/c1-2-10-19(11-3-1)15-5-4-14(12-17-15)18-13-6-8-16-9-7-13/h4-5,12-13,16,18H,1-3,6-11H2. The third-order valence-corrected chi connectivity index (χ3v) is 4.14. The zero-order valence-corrected chi connectivity index (χ0v) is 11.6. The van der Waals surface area contributed by atoms with Crippen LogP contribution in [0.1, 0.15) is 32.1 Å². The van der Waals surface area contributed by atoms with Crippen LogP contribution in [0.2, 0.25) is 0 Å². The first-order valence-corrected chi connectivity index (χ1v) is 7.60. The van der Waals surface area contributed by atoms with E-state index in [0.717, 1.165) is 37.7 Å². The third-order valence-electron chi connectivity index (χ3n) is 4.14. The molecule has 3 rings (SSSR count). The van der Waals surface area contributed by atoms with Gasteiger partial charge in [0.2, 0.25) is 0 Å². The summed E-state index contributed by atoms with van der Waals surface area (Å²) in [6, 6.07) is 4.94. The van der Waals surface area contributed by atoms with Crippen molar-refractivity contribution in [3.63, 3.8) is 0 Å². The molecule has 0 radical (unpaired) electrons. The Kier molecular flexibility index (Phi) is 4.18. The first-order valence-electron chi connectivity index (χ1n) is 7.60. The number of pyridine rings is 1. The second-order valence-electron chi connectivity index (χ2n) is 5.62. The Balaban J connectivity index is 1.58. The maximum atomic E-state index is 4.62. The maximum absolute atomic E-state index is 4.62. The van der Waals surface area contributed by atoms with E-state index in [9.17, 15) is 0 Å². The average Bonchev–Trinajstić information content (AvgIpc) is 2.50. The van der Waals surface area contributed by atoms with Crippen molar-refractivity contribution in [2.45, 2.75) is 38.1 Å². The first kappa shape index (κ1) is 12.7. The van der Waals surface area contributed by atoms with Crippen LogP contribution in [-0.2, 0) is 0 Å². The number of aromatic nitrogens is 1. The Morgan fingerprint density at radius 1 is 1.11 bits per heavy atom. The predicted molar refractivity (Wildman–Crippen MR) is 79.8 cm³/mol. The molecular formula is C15H24N4. The highest BCUT2D eigenvalue weighted by molar-refractivity contribution is 5.49. The van der Waals surface area contributed by atoms with Gasteiger partial charge in [0.1, 0.15) is 5.82 Å². The van der Waals surface area contributed by atoms with E-state index in [-0.39, 0.29) is 0 Å². The van der Waals surface area contributed by atoms with Crippen LogP contribution in [0.3, 0.4) is 0 Å². The SMILES string of the molecule is c1cc(N2CCCCC2)ncc1NC1CCNCC1. The summed E-state index contributed by atoms with van der Waals surface area (Å²) < 4.78 is 0. The molecule has 0 aliphatic carbocycles. The number of piperidine rings is 2. The monoisotopic (exact) mass is 260 g/mol. The molecule has 19 heavy (non-hydrogen) atoms. The Morgan fingerprint density at radius 2 is 1.89 bits per heavy atom. The van der Waals surface area contributed by atoms with Gasteiger partial charge >= 0.3 is 0 Å². The zero-order chi connectivity index (χ0) is 12.9. The Bertz CT molecular complexity index is 378. The van der Waals surface area contributed by atoms with Gasteiger partial charge < -0.3 is 15.5 Å². The van der Waals surface area contributed by atoms with E-state index >= 15 is 0 Å². The van der Waals surface area contributed by atoms with E-state index in [1.807, 2.05) is 6.20 Å². The molecule has 0 atom stereocenters. The molecule has 4 nitrogen and oxygen atoms in total. The minimum Gasteiger partial charge on any atom is -0.381 e. The van der Waals surface area contributed by atoms with Crippen molar-refractivity contribution >= 4 is 11.5 Å². The van der Waals surface area contributed by atoms with Gasteiger partial charge in [-0.1, -0.05) is 0 Å². The number of rotatable bonds is 3. The van der Waals surface area contributed by atoms with Crippen LogP contribution >= 0.6 is 0 Å². The minimum absolute atomic E-state index is 0.601. The van der Waals surface area contributed by atoms with E-state index in [0.29, 0.717) is 6.04 Å². The number of nitrogens with zero attached hydrogens (tertiary/aromatic N) is 2. The predicted octanol–water partition coefficient (Wildman–Crippen LogP) is 2.24. The van der Waals surface area contributed by atoms with E-state index in [1.165, 1.54) is 32.1 Å². The van der Waals surface area contributed by atoms with Crippen LogP contribution in [0.25, 0.3) is 0 Å². The lowest BCUT2D eigenvalue weighted by molar-refractivity contribution is 0.479. The van der Waals surface area contributed by atoms with Crippen molar-refractivity contribution in [3.05, 3.63) is 18.3 Å². The fraction of sp³-hybridized carbons (Fsp3) is 0.667. The first-order chi connectivity index (χ1) is 9.42. The van der Waals surface area contributed by atoms with Crippen LogP contribution in [0.5, 0.6) is 0 Å². The van der Waals surface area contributed by atoms with Crippen LogP contribution in [-0.4, -0.2) is 37.2 Å². The summed E-state index contributed by atoms with van der Waals surface area (Å²) in [7, 11) is 0. The van der Waals surface area contributed by atoms with Crippen molar-refractivity contribution in [2.24, 2.45) is 0 Å². The quantitative estimate of drug-likeness (QED) is 0.874. The summed E-state index contributed by atoms with van der Waals surface area (Å²) in [5.41, 5.74) is 1.16. The molecule has 1 aromatic rings. The second-order valence-corrected chi connectivity index (χ2v) is 5.62. The smallest absolute Gasteiger partial charge is 0.128 e. The number of anilines is 2. The van der Waals surface area contributed by atoms with Gasteiger partial charge in [-0.3, -0.25) is 0 Å². The highest BCUT2D eigenvalue weighted by Crippen LogP contribution is 2.20. The number of hydrogen-bond donors (Lipinski definition) is 2. The van der Waals surface area contributed by atoms with E-state index < -0.39 is 0 Å². The molecule has 2 aliphatic heterocycles. The molecule has 0 unspecified atom stereocenters. The van der Waals surface area contributed by atoms with Gasteiger partial charge in [0, 0.05) is 19.1 Å². The average molecular weight is 260 g/mol. The molecule has 2 aliphatic rings. The summed E-state index contributed by atoms with van der Waals surface area (Å²) in [4.78, 5) is 7.02. The molecule has 0 bridgehead atoms. The lowest BCUT2D eigenvalue weighted by Gasteiger charge is -2.28. The van der Waals surface area contributed by atoms with Crippen molar-refractivity contribution in [1.29, 1.82) is 0 Å². The Hall–Kier alpha value is -1.29. The summed E-state index contributed by atoms with van der Waals surface area (Å²) in [6.45, 7) is 4.57. The molecule has 2 N–H and O–H groups in total. The Morgan fingerprint density at radius 3 is 2.58 bits per heavy atom. The molecule has 0 aromatic carbocycles. The number of nitrogens with one attached hydrogen (secondary N) is 2. The summed E-state index contributed by atoms with van der Waals surface area (Å²) in [5, 5.41) is 6.98. The zero-order valence-electron chi connectivity index (χ0n) is 11.6. The van der Waals surface area contributed by atoms with Gasteiger partial charge in [0.15, 0.2) is 0 Å². The van der Waals surface area contributed by atoms with Crippen molar-refractivity contribution < 1.29 is 0 Å². The van der Waals surface area contributed by atoms with Gasteiger partial charge in [0.05, 0.1) is 11.9 Å². The Labute approximate surface area is 115 Å². The molecule has 4 heteroatoms. The lowest BCUT2D eigenvalue weighted by atomic mass is 10.1.